The lowest BCUT2D eigenvalue weighted by atomic mass is 10.0. The number of nitrogens with one attached hydrogen (secondary N) is 2. The molecule has 7 heteroatoms. The van der Waals surface area contributed by atoms with Gasteiger partial charge in [0.05, 0.1) is 0 Å². The van der Waals surface area contributed by atoms with E-state index in [0.29, 0.717) is 16.4 Å². The van der Waals surface area contributed by atoms with Gasteiger partial charge in [0, 0.05) is 26.3 Å². The molecule has 1 aliphatic rings. The summed E-state index contributed by atoms with van der Waals surface area (Å²) < 4.78 is 5.16. The van der Waals surface area contributed by atoms with Gasteiger partial charge in [-0.1, -0.05) is 11.8 Å². The molecule has 2 rings (SSSR count). The summed E-state index contributed by atoms with van der Waals surface area (Å²) in [5.74, 6) is 6.85. The van der Waals surface area contributed by atoms with Crippen LogP contribution in [0, 0.1) is 5.41 Å². The van der Waals surface area contributed by atoms with E-state index in [4.69, 9.17) is 10.6 Å². The van der Waals surface area contributed by atoms with Crippen molar-refractivity contribution in [2.75, 3.05) is 37.3 Å². The highest BCUT2D eigenvalue weighted by atomic mass is 32.2. The van der Waals surface area contributed by atoms with Crippen molar-refractivity contribution in [3.63, 3.8) is 0 Å². The fraction of sp³-hybridized carbons (Fsp3) is 0.667. The second kappa shape index (κ2) is 6.40. The Bertz CT molecular complexity index is 402. The molecule has 1 aliphatic carbocycles. The average molecular weight is 283 g/mol. The number of thioether (sulfide) groups is 1. The Morgan fingerprint density at radius 2 is 2.16 bits per heavy atom. The van der Waals surface area contributed by atoms with Gasteiger partial charge in [-0.15, -0.1) is 0 Å². The zero-order chi connectivity index (χ0) is 13.7. The van der Waals surface area contributed by atoms with Gasteiger partial charge < -0.3 is 15.5 Å². The first-order valence-corrected chi connectivity index (χ1v) is 7.56. The van der Waals surface area contributed by atoms with Crippen LogP contribution in [0.25, 0.3) is 0 Å². The Labute approximate surface area is 117 Å². The van der Waals surface area contributed by atoms with Crippen LogP contribution >= 0.6 is 11.8 Å². The number of hydrogen-bond donors (Lipinski definition) is 3. The van der Waals surface area contributed by atoms with E-state index in [1.54, 1.807) is 7.11 Å². The predicted octanol–water partition coefficient (Wildman–Crippen LogP) is 1.71. The third kappa shape index (κ3) is 3.95. The number of rotatable bonds is 8. The molecule has 0 aromatic carbocycles. The standard InChI is InChI=1S/C12H21N5OS/c1-18-6-5-12(3-4-12)8-14-9-7-10(17-13)16-11(15-9)19-2/h7H,3-6,8,13H2,1-2H3,(H2,14,15,16,17). The Kier molecular flexibility index (Phi) is 4.84. The highest BCUT2D eigenvalue weighted by Crippen LogP contribution is 2.48. The number of ether oxygens (including phenoxy) is 1. The highest BCUT2D eigenvalue weighted by Gasteiger charge is 2.41. The maximum absolute atomic E-state index is 5.41. The molecule has 0 saturated heterocycles. The van der Waals surface area contributed by atoms with Crippen molar-refractivity contribution < 1.29 is 4.74 Å². The summed E-state index contributed by atoms with van der Waals surface area (Å²) in [5.41, 5.74) is 2.95. The second-order valence-electron chi connectivity index (χ2n) is 4.87. The Hall–Kier alpha value is -1.05. The number of nitrogens with two attached hydrogens (primary N) is 1. The molecule has 106 valence electrons. The molecular weight excluding hydrogens is 262 g/mol. The predicted molar refractivity (Wildman–Crippen MR) is 78.3 cm³/mol. The van der Waals surface area contributed by atoms with Crippen LogP contribution in [-0.2, 0) is 4.74 Å². The first kappa shape index (κ1) is 14.4. The van der Waals surface area contributed by atoms with E-state index in [1.165, 1.54) is 24.6 Å². The molecule has 6 nitrogen and oxygen atoms in total. The maximum Gasteiger partial charge on any atom is 0.191 e. The smallest absolute Gasteiger partial charge is 0.191 e. The summed E-state index contributed by atoms with van der Waals surface area (Å²) in [7, 11) is 1.75. The molecular formula is C12H21N5OS. The van der Waals surface area contributed by atoms with Crippen LogP contribution in [0.1, 0.15) is 19.3 Å². The second-order valence-corrected chi connectivity index (χ2v) is 5.64. The average Bonchev–Trinajstić information content (AvgIpc) is 3.23. The number of hydrogen-bond acceptors (Lipinski definition) is 7. The molecule has 19 heavy (non-hydrogen) atoms. The molecule has 0 aliphatic heterocycles. The van der Waals surface area contributed by atoms with Gasteiger partial charge >= 0.3 is 0 Å². The van der Waals surface area contributed by atoms with E-state index in [-0.39, 0.29) is 0 Å². The summed E-state index contributed by atoms with van der Waals surface area (Å²) in [6.45, 7) is 1.74. The molecule has 1 fully saturated rings. The van der Waals surface area contributed by atoms with Crippen LogP contribution in [-0.4, -0.2) is 36.5 Å². The number of hydrazine groups is 1. The van der Waals surface area contributed by atoms with Gasteiger partial charge in [-0.05, 0) is 30.9 Å². The van der Waals surface area contributed by atoms with Crippen molar-refractivity contribution >= 4 is 23.4 Å². The van der Waals surface area contributed by atoms with E-state index in [2.05, 4.69) is 20.7 Å². The van der Waals surface area contributed by atoms with Crippen LogP contribution in [0.2, 0.25) is 0 Å². The van der Waals surface area contributed by atoms with Crippen LogP contribution in [0.4, 0.5) is 11.6 Å². The number of methoxy groups -OCH3 is 1. The Morgan fingerprint density at radius 1 is 1.42 bits per heavy atom. The first-order valence-electron chi connectivity index (χ1n) is 6.34. The summed E-state index contributed by atoms with van der Waals surface area (Å²) >= 11 is 1.50. The fourth-order valence-corrected chi connectivity index (χ4v) is 2.35. The normalized spacial score (nSPS) is 16.2. The van der Waals surface area contributed by atoms with Crippen molar-refractivity contribution in [2.45, 2.75) is 24.4 Å². The molecule has 0 amide bonds. The van der Waals surface area contributed by atoms with Crippen molar-refractivity contribution in [3.8, 4) is 0 Å². The van der Waals surface area contributed by atoms with Gasteiger partial charge in [0.15, 0.2) is 5.16 Å². The van der Waals surface area contributed by atoms with Gasteiger partial charge in [-0.25, -0.2) is 15.8 Å². The lowest BCUT2D eigenvalue weighted by molar-refractivity contribution is 0.175. The van der Waals surface area contributed by atoms with E-state index in [9.17, 15) is 0 Å². The molecule has 1 aromatic heterocycles. The van der Waals surface area contributed by atoms with Crippen LogP contribution in [0.5, 0.6) is 0 Å². The lowest BCUT2D eigenvalue weighted by Crippen LogP contribution is -2.18. The van der Waals surface area contributed by atoms with Crippen LogP contribution in [0.15, 0.2) is 11.2 Å². The minimum Gasteiger partial charge on any atom is -0.385 e. The number of aromatic nitrogens is 2. The Morgan fingerprint density at radius 3 is 2.74 bits per heavy atom. The topological polar surface area (TPSA) is 85.1 Å². The highest BCUT2D eigenvalue weighted by molar-refractivity contribution is 7.98. The van der Waals surface area contributed by atoms with Crippen LogP contribution in [0.3, 0.4) is 0 Å². The molecule has 0 atom stereocenters. The molecule has 4 N–H and O–H groups in total. The quantitative estimate of drug-likeness (QED) is 0.290. The van der Waals surface area contributed by atoms with Crippen molar-refractivity contribution in [3.05, 3.63) is 6.07 Å². The Balaban J connectivity index is 1.95. The molecule has 0 unspecified atom stereocenters. The number of anilines is 2. The largest absolute Gasteiger partial charge is 0.385 e. The SMILES string of the molecule is COCCC1(CNc2cc(NN)nc(SC)n2)CC1. The third-order valence-corrected chi connectivity index (χ3v) is 4.02. The van der Waals surface area contributed by atoms with E-state index < -0.39 is 0 Å². The van der Waals surface area contributed by atoms with Gasteiger partial charge in [0.25, 0.3) is 0 Å². The van der Waals surface area contributed by atoms with Gasteiger partial charge in [0.1, 0.15) is 11.6 Å². The zero-order valence-corrected chi connectivity index (χ0v) is 12.2. The number of nitrogens with zero attached hydrogens (tertiary/aromatic N) is 2. The number of nitrogen functional groups attached to an aromatic ring is 1. The maximum atomic E-state index is 5.41. The molecule has 0 radical (unpaired) electrons. The first-order chi connectivity index (χ1) is 9.21. The molecule has 1 heterocycles. The van der Waals surface area contributed by atoms with Crippen molar-refractivity contribution in [2.24, 2.45) is 11.3 Å². The van der Waals surface area contributed by atoms with E-state index in [0.717, 1.165) is 25.4 Å². The molecule has 0 spiro atoms. The minimum atomic E-state index is 0.386. The monoisotopic (exact) mass is 283 g/mol. The van der Waals surface area contributed by atoms with E-state index in [1.807, 2.05) is 12.3 Å². The lowest BCUT2D eigenvalue weighted by Gasteiger charge is -2.16. The molecule has 0 bridgehead atoms. The van der Waals surface area contributed by atoms with Crippen molar-refractivity contribution in [1.29, 1.82) is 0 Å². The summed E-state index contributed by atoms with van der Waals surface area (Å²) in [4.78, 5) is 8.66. The summed E-state index contributed by atoms with van der Waals surface area (Å²) in [5, 5.41) is 4.10. The fourth-order valence-electron chi connectivity index (χ4n) is 1.97. The minimum absolute atomic E-state index is 0.386. The zero-order valence-electron chi connectivity index (χ0n) is 11.4. The summed E-state index contributed by atoms with van der Waals surface area (Å²) in [6, 6.07) is 1.83. The van der Waals surface area contributed by atoms with Gasteiger partial charge in [0.2, 0.25) is 0 Å². The summed E-state index contributed by atoms with van der Waals surface area (Å²) in [6.07, 6.45) is 5.55. The van der Waals surface area contributed by atoms with E-state index >= 15 is 0 Å². The molecule has 1 aromatic rings. The molecule has 1 saturated carbocycles. The van der Waals surface area contributed by atoms with Crippen molar-refractivity contribution in [1.82, 2.24) is 9.97 Å². The van der Waals surface area contributed by atoms with Gasteiger partial charge in [-0.2, -0.15) is 0 Å². The third-order valence-electron chi connectivity index (χ3n) is 3.47. The van der Waals surface area contributed by atoms with Gasteiger partial charge in [-0.3, -0.25) is 0 Å². The van der Waals surface area contributed by atoms with Crippen LogP contribution < -0.4 is 16.6 Å².